The van der Waals surface area contributed by atoms with Crippen molar-refractivity contribution in [1.29, 1.82) is 0 Å². The van der Waals surface area contributed by atoms with Gasteiger partial charge < -0.3 is 0 Å². The molecule has 11 heavy (non-hydrogen) atoms. The highest BCUT2D eigenvalue weighted by molar-refractivity contribution is 5.40. The molecule has 0 heterocycles. The summed E-state index contributed by atoms with van der Waals surface area (Å²) in [7, 11) is 0. The van der Waals surface area contributed by atoms with Crippen molar-refractivity contribution in [2.75, 3.05) is 0 Å². The number of rotatable bonds is 0. The molecule has 0 bridgehead atoms. The minimum atomic E-state index is 0.249. The van der Waals surface area contributed by atoms with Crippen LogP contribution in [0, 0.1) is 5.41 Å². The van der Waals surface area contributed by atoms with Crippen molar-refractivity contribution in [2.24, 2.45) is 5.41 Å². The zero-order valence-corrected chi connectivity index (χ0v) is 7.81. The summed E-state index contributed by atoms with van der Waals surface area (Å²) >= 11 is 0. The summed E-state index contributed by atoms with van der Waals surface area (Å²) in [5.41, 5.74) is 2.98. The van der Waals surface area contributed by atoms with Gasteiger partial charge in [-0.15, -0.1) is 0 Å². The Morgan fingerprint density at radius 3 is 1.91 bits per heavy atom. The normalized spacial score (nSPS) is 20.5. The van der Waals surface area contributed by atoms with Gasteiger partial charge in [0.05, 0.1) is 0 Å². The van der Waals surface area contributed by atoms with Gasteiger partial charge in [-0.2, -0.15) is 0 Å². The van der Waals surface area contributed by atoms with Crippen molar-refractivity contribution in [3.63, 3.8) is 0 Å². The smallest absolute Gasteiger partial charge is 0.00111 e. The highest BCUT2D eigenvalue weighted by Crippen LogP contribution is 2.26. The van der Waals surface area contributed by atoms with Crippen LogP contribution in [0.1, 0.15) is 27.7 Å². The van der Waals surface area contributed by atoms with E-state index < -0.39 is 0 Å². The summed E-state index contributed by atoms with van der Waals surface area (Å²) in [5.74, 6) is 0. The van der Waals surface area contributed by atoms with Crippen LogP contribution in [0.15, 0.2) is 35.5 Å². The minimum Gasteiger partial charge on any atom is -0.0745 e. The summed E-state index contributed by atoms with van der Waals surface area (Å²) in [6.45, 7) is 8.70. The fourth-order valence-corrected chi connectivity index (χ4v) is 1.05. The molecule has 0 spiro atoms. The number of hydrogen-bond donors (Lipinski definition) is 0. The van der Waals surface area contributed by atoms with E-state index in [2.05, 4.69) is 52.0 Å². The highest BCUT2D eigenvalue weighted by Gasteiger charge is 2.11. The molecule has 0 radical (unpaired) electrons. The molecule has 0 saturated carbocycles. The maximum absolute atomic E-state index is 2.25. The van der Waals surface area contributed by atoms with E-state index in [1.165, 1.54) is 11.1 Å². The van der Waals surface area contributed by atoms with Crippen molar-refractivity contribution in [1.82, 2.24) is 0 Å². The molecule has 0 fully saturated rings. The molecule has 0 aromatic carbocycles. The molecule has 0 atom stereocenters. The SMILES string of the molecule is CC(C)=C1C=CC(C)(C)C=C1. The first-order chi connectivity index (χ1) is 5.01. The van der Waals surface area contributed by atoms with Crippen molar-refractivity contribution in [3.05, 3.63) is 35.5 Å². The minimum absolute atomic E-state index is 0.249. The van der Waals surface area contributed by atoms with Crippen molar-refractivity contribution < 1.29 is 0 Å². The van der Waals surface area contributed by atoms with Gasteiger partial charge in [-0.05, 0) is 19.4 Å². The molecule has 0 nitrogen and oxygen atoms in total. The molecule has 1 rings (SSSR count). The highest BCUT2D eigenvalue weighted by atomic mass is 14.2. The largest absolute Gasteiger partial charge is 0.0745 e. The lowest BCUT2D eigenvalue weighted by Crippen LogP contribution is -2.05. The third-order valence-electron chi connectivity index (χ3n) is 1.96. The van der Waals surface area contributed by atoms with Gasteiger partial charge in [0.2, 0.25) is 0 Å². The second-order valence-corrected chi connectivity index (χ2v) is 3.94. The molecule has 0 aliphatic heterocycles. The van der Waals surface area contributed by atoms with Crippen LogP contribution in [-0.4, -0.2) is 0 Å². The fraction of sp³-hybridized carbons (Fsp3) is 0.455. The van der Waals surface area contributed by atoms with Crippen molar-refractivity contribution in [2.45, 2.75) is 27.7 Å². The summed E-state index contributed by atoms with van der Waals surface area (Å²) in [5, 5.41) is 0. The van der Waals surface area contributed by atoms with Gasteiger partial charge in [-0.1, -0.05) is 43.7 Å². The fourth-order valence-electron chi connectivity index (χ4n) is 1.05. The molecule has 0 aromatic heterocycles. The molecule has 1 aliphatic carbocycles. The average Bonchev–Trinajstić information content (AvgIpc) is 1.86. The summed E-state index contributed by atoms with van der Waals surface area (Å²) in [4.78, 5) is 0. The summed E-state index contributed by atoms with van der Waals surface area (Å²) in [6, 6.07) is 0. The van der Waals surface area contributed by atoms with Crippen LogP contribution >= 0.6 is 0 Å². The number of allylic oxidation sites excluding steroid dienone is 6. The van der Waals surface area contributed by atoms with Gasteiger partial charge >= 0.3 is 0 Å². The molecule has 0 amide bonds. The molecular weight excluding hydrogens is 132 g/mol. The lowest BCUT2D eigenvalue weighted by molar-refractivity contribution is 0.620. The van der Waals surface area contributed by atoms with Crippen LogP contribution in [0.3, 0.4) is 0 Å². The topological polar surface area (TPSA) is 0 Å². The molecule has 60 valence electrons. The van der Waals surface area contributed by atoms with E-state index in [0.717, 1.165) is 0 Å². The predicted octanol–water partition coefficient (Wildman–Crippen LogP) is 3.48. The van der Waals surface area contributed by atoms with Crippen LogP contribution in [0.5, 0.6) is 0 Å². The summed E-state index contributed by atoms with van der Waals surface area (Å²) in [6.07, 6.45) is 8.90. The predicted molar refractivity (Wildman–Crippen MR) is 50.4 cm³/mol. The maximum atomic E-state index is 2.25. The zero-order chi connectivity index (χ0) is 8.48. The Morgan fingerprint density at radius 2 is 1.55 bits per heavy atom. The zero-order valence-electron chi connectivity index (χ0n) is 7.81. The van der Waals surface area contributed by atoms with Gasteiger partial charge in [-0.25, -0.2) is 0 Å². The van der Waals surface area contributed by atoms with Crippen molar-refractivity contribution in [3.8, 4) is 0 Å². The molecule has 0 aromatic rings. The molecule has 1 aliphatic rings. The first kappa shape index (κ1) is 8.32. The average molecular weight is 148 g/mol. The Kier molecular flexibility index (Phi) is 2.03. The van der Waals surface area contributed by atoms with Crippen LogP contribution in [0.25, 0.3) is 0 Å². The Bertz CT molecular complexity index is 215. The van der Waals surface area contributed by atoms with Crippen LogP contribution in [0.2, 0.25) is 0 Å². The Balaban J connectivity index is 2.90. The quantitative estimate of drug-likeness (QED) is 0.493. The first-order valence-corrected chi connectivity index (χ1v) is 4.07. The van der Waals surface area contributed by atoms with Gasteiger partial charge in [0, 0.05) is 5.41 Å². The maximum Gasteiger partial charge on any atom is 0.00111 e. The standard InChI is InChI=1S/C11H16/c1-9(2)10-5-7-11(3,4)8-6-10/h5-8H,1-4H3. The molecule has 0 N–H and O–H groups in total. The van der Waals surface area contributed by atoms with E-state index in [1.807, 2.05) is 0 Å². The van der Waals surface area contributed by atoms with Crippen molar-refractivity contribution >= 4 is 0 Å². The van der Waals surface area contributed by atoms with E-state index >= 15 is 0 Å². The van der Waals surface area contributed by atoms with E-state index in [0.29, 0.717) is 0 Å². The Hall–Kier alpha value is -0.780. The lowest BCUT2D eigenvalue weighted by Gasteiger charge is -2.18. The van der Waals surface area contributed by atoms with Gasteiger partial charge in [0.15, 0.2) is 0 Å². The molecule has 0 unspecified atom stereocenters. The van der Waals surface area contributed by atoms with Gasteiger partial charge in [0.25, 0.3) is 0 Å². The van der Waals surface area contributed by atoms with Crippen LogP contribution < -0.4 is 0 Å². The van der Waals surface area contributed by atoms with Crippen LogP contribution in [0.4, 0.5) is 0 Å². The lowest BCUT2D eigenvalue weighted by atomic mass is 9.87. The van der Waals surface area contributed by atoms with E-state index in [9.17, 15) is 0 Å². The molecular formula is C11H16. The van der Waals surface area contributed by atoms with E-state index in [1.54, 1.807) is 0 Å². The molecule has 0 saturated heterocycles. The van der Waals surface area contributed by atoms with Gasteiger partial charge in [0.1, 0.15) is 0 Å². The number of hydrogen-bond acceptors (Lipinski definition) is 0. The monoisotopic (exact) mass is 148 g/mol. The van der Waals surface area contributed by atoms with Gasteiger partial charge in [-0.3, -0.25) is 0 Å². The second kappa shape index (κ2) is 2.69. The molecule has 0 heteroatoms. The van der Waals surface area contributed by atoms with E-state index in [4.69, 9.17) is 0 Å². The second-order valence-electron chi connectivity index (χ2n) is 3.94. The first-order valence-electron chi connectivity index (χ1n) is 4.07. The third-order valence-corrected chi connectivity index (χ3v) is 1.96. The third kappa shape index (κ3) is 2.07. The Morgan fingerprint density at radius 1 is 1.09 bits per heavy atom. The van der Waals surface area contributed by atoms with Crippen LogP contribution in [-0.2, 0) is 0 Å². The summed E-state index contributed by atoms with van der Waals surface area (Å²) < 4.78 is 0. The Labute approximate surface area is 69.3 Å². The van der Waals surface area contributed by atoms with E-state index in [-0.39, 0.29) is 5.41 Å².